The van der Waals surface area contributed by atoms with Crippen molar-refractivity contribution >= 4 is 0 Å². The van der Waals surface area contributed by atoms with Crippen LogP contribution in [0.1, 0.15) is 17.2 Å². The summed E-state index contributed by atoms with van der Waals surface area (Å²) in [5.41, 5.74) is 0.425. The van der Waals surface area contributed by atoms with Gasteiger partial charge in [0.05, 0.1) is 0 Å². The largest absolute Gasteiger partial charge is 0.573 e. The Kier molecular flexibility index (Phi) is 3.71. The summed E-state index contributed by atoms with van der Waals surface area (Å²) in [7, 11) is 0. The second-order valence-corrected chi connectivity index (χ2v) is 3.77. The molecule has 0 saturated heterocycles. The number of hydrogen-bond acceptors (Lipinski definition) is 3. The quantitative estimate of drug-likeness (QED) is 0.931. The number of nitrogens with zero attached hydrogens (tertiary/aromatic N) is 1. The predicted octanol–water partition coefficient (Wildman–Crippen LogP) is 3.06. The minimum atomic E-state index is -4.80. The maximum atomic E-state index is 12.3. The van der Waals surface area contributed by atoms with Crippen molar-refractivity contribution in [3.63, 3.8) is 0 Å². The lowest BCUT2D eigenvalue weighted by molar-refractivity contribution is -0.275. The molecule has 0 amide bonds. The van der Waals surface area contributed by atoms with Crippen LogP contribution in [0.15, 0.2) is 48.8 Å². The summed E-state index contributed by atoms with van der Waals surface area (Å²) < 4.78 is 40.7. The van der Waals surface area contributed by atoms with E-state index in [9.17, 15) is 18.3 Å². The molecule has 0 aliphatic rings. The smallest absolute Gasteiger partial charge is 0.405 e. The van der Waals surface area contributed by atoms with Crippen molar-refractivity contribution in [1.82, 2.24) is 4.98 Å². The van der Waals surface area contributed by atoms with Crippen molar-refractivity contribution in [2.45, 2.75) is 12.5 Å². The van der Waals surface area contributed by atoms with E-state index in [0.717, 1.165) is 6.07 Å². The summed E-state index contributed by atoms with van der Waals surface area (Å²) in [6.45, 7) is 0. The van der Waals surface area contributed by atoms with Crippen LogP contribution in [0.5, 0.6) is 5.75 Å². The van der Waals surface area contributed by atoms with E-state index >= 15 is 0 Å². The number of para-hydroxylation sites is 1. The Morgan fingerprint density at radius 1 is 1.11 bits per heavy atom. The number of aliphatic hydroxyl groups excluding tert-OH is 1. The SMILES string of the molecule is OC(c1cccnc1)c1ccccc1OC(F)(F)F. The molecule has 100 valence electrons. The molecule has 0 aliphatic heterocycles. The van der Waals surface area contributed by atoms with E-state index < -0.39 is 18.2 Å². The number of ether oxygens (including phenoxy) is 1. The minimum Gasteiger partial charge on any atom is -0.405 e. The van der Waals surface area contributed by atoms with Crippen molar-refractivity contribution in [3.8, 4) is 5.75 Å². The fourth-order valence-corrected chi connectivity index (χ4v) is 1.64. The first-order chi connectivity index (χ1) is 8.97. The molecule has 1 aromatic heterocycles. The van der Waals surface area contributed by atoms with Gasteiger partial charge in [0.1, 0.15) is 11.9 Å². The van der Waals surface area contributed by atoms with Gasteiger partial charge in [0.25, 0.3) is 0 Å². The van der Waals surface area contributed by atoms with E-state index in [2.05, 4.69) is 9.72 Å². The maximum Gasteiger partial charge on any atom is 0.573 e. The lowest BCUT2D eigenvalue weighted by Crippen LogP contribution is -2.18. The zero-order valence-electron chi connectivity index (χ0n) is 9.63. The van der Waals surface area contributed by atoms with Gasteiger partial charge in [-0.25, -0.2) is 0 Å². The topological polar surface area (TPSA) is 42.4 Å². The third-order valence-electron chi connectivity index (χ3n) is 2.44. The number of aliphatic hydroxyl groups is 1. The van der Waals surface area contributed by atoms with Crippen LogP contribution < -0.4 is 4.74 Å². The highest BCUT2D eigenvalue weighted by Gasteiger charge is 2.32. The van der Waals surface area contributed by atoms with E-state index in [0.29, 0.717) is 5.56 Å². The van der Waals surface area contributed by atoms with Gasteiger partial charge in [-0.3, -0.25) is 4.98 Å². The average molecular weight is 269 g/mol. The van der Waals surface area contributed by atoms with Gasteiger partial charge >= 0.3 is 6.36 Å². The summed E-state index contributed by atoms with van der Waals surface area (Å²) in [6, 6.07) is 8.62. The van der Waals surface area contributed by atoms with Crippen LogP contribution in [0.2, 0.25) is 0 Å². The average Bonchev–Trinajstić information content (AvgIpc) is 2.38. The fourth-order valence-electron chi connectivity index (χ4n) is 1.64. The monoisotopic (exact) mass is 269 g/mol. The van der Waals surface area contributed by atoms with Gasteiger partial charge in [0, 0.05) is 23.5 Å². The Balaban J connectivity index is 2.35. The van der Waals surface area contributed by atoms with E-state index in [4.69, 9.17) is 0 Å². The van der Waals surface area contributed by atoms with Crippen molar-refractivity contribution < 1.29 is 23.0 Å². The number of pyridine rings is 1. The molecule has 0 fully saturated rings. The normalized spacial score (nSPS) is 13.1. The van der Waals surface area contributed by atoms with Gasteiger partial charge in [0.15, 0.2) is 0 Å². The van der Waals surface area contributed by atoms with E-state index in [-0.39, 0.29) is 5.56 Å². The van der Waals surface area contributed by atoms with E-state index in [1.807, 2.05) is 0 Å². The first kappa shape index (κ1) is 13.4. The summed E-state index contributed by atoms with van der Waals surface area (Å²) >= 11 is 0. The number of aromatic nitrogens is 1. The molecule has 1 N–H and O–H groups in total. The molecule has 1 unspecified atom stereocenters. The lowest BCUT2D eigenvalue weighted by atomic mass is 10.0. The molecule has 1 aromatic carbocycles. The highest BCUT2D eigenvalue weighted by molar-refractivity contribution is 5.39. The molecule has 0 bridgehead atoms. The summed E-state index contributed by atoms with van der Waals surface area (Å²) in [4.78, 5) is 3.81. The Hall–Kier alpha value is -2.08. The predicted molar refractivity (Wildman–Crippen MR) is 61.4 cm³/mol. The highest BCUT2D eigenvalue weighted by atomic mass is 19.4. The molecule has 2 aromatic rings. The van der Waals surface area contributed by atoms with Gasteiger partial charge in [0.2, 0.25) is 0 Å². The van der Waals surface area contributed by atoms with Crippen molar-refractivity contribution in [3.05, 3.63) is 59.9 Å². The van der Waals surface area contributed by atoms with Gasteiger partial charge in [-0.05, 0) is 12.1 Å². The van der Waals surface area contributed by atoms with Crippen LogP contribution in [-0.2, 0) is 0 Å². The molecule has 19 heavy (non-hydrogen) atoms. The first-order valence-electron chi connectivity index (χ1n) is 5.40. The second-order valence-electron chi connectivity index (χ2n) is 3.77. The third kappa shape index (κ3) is 3.45. The Morgan fingerprint density at radius 2 is 1.84 bits per heavy atom. The Bertz CT molecular complexity index is 543. The van der Waals surface area contributed by atoms with Crippen LogP contribution in [0, 0.1) is 0 Å². The first-order valence-corrected chi connectivity index (χ1v) is 5.40. The van der Waals surface area contributed by atoms with Gasteiger partial charge < -0.3 is 9.84 Å². The Labute approximate surface area is 107 Å². The number of alkyl halides is 3. The van der Waals surface area contributed by atoms with Gasteiger partial charge in [-0.1, -0.05) is 24.3 Å². The highest BCUT2D eigenvalue weighted by Crippen LogP contribution is 2.32. The number of benzene rings is 1. The molecule has 3 nitrogen and oxygen atoms in total. The molecule has 6 heteroatoms. The summed E-state index contributed by atoms with van der Waals surface area (Å²) in [5, 5.41) is 10.1. The molecule has 0 spiro atoms. The van der Waals surface area contributed by atoms with Crippen LogP contribution in [0.3, 0.4) is 0 Å². The molecular weight excluding hydrogens is 259 g/mol. The minimum absolute atomic E-state index is 0.0350. The molecule has 2 rings (SSSR count). The molecule has 0 saturated carbocycles. The summed E-state index contributed by atoms with van der Waals surface area (Å²) in [5.74, 6) is -0.425. The van der Waals surface area contributed by atoms with E-state index in [1.54, 1.807) is 12.1 Å². The van der Waals surface area contributed by atoms with Crippen LogP contribution in [0.4, 0.5) is 13.2 Å². The molecule has 1 heterocycles. The zero-order valence-corrected chi connectivity index (χ0v) is 9.63. The fraction of sp³-hybridized carbons (Fsp3) is 0.154. The zero-order chi connectivity index (χ0) is 13.9. The van der Waals surface area contributed by atoms with Crippen molar-refractivity contribution in [2.24, 2.45) is 0 Å². The van der Waals surface area contributed by atoms with Crippen LogP contribution >= 0.6 is 0 Å². The van der Waals surface area contributed by atoms with Crippen LogP contribution in [0.25, 0.3) is 0 Å². The van der Waals surface area contributed by atoms with Crippen molar-refractivity contribution in [1.29, 1.82) is 0 Å². The number of rotatable bonds is 3. The number of halogens is 3. The summed E-state index contributed by atoms with van der Waals surface area (Å²) in [6.07, 6.45) is -3.14. The Morgan fingerprint density at radius 3 is 2.47 bits per heavy atom. The molecule has 0 radical (unpaired) electrons. The molecule has 0 aliphatic carbocycles. The number of hydrogen-bond donors (Lipinski definition) is 1. The van der Waals surface area contributed by atoms with Gasteiger partial charge in [-0.2, -0.15) is 0 Å². The molecule has 1 atom stereocenters. The van der Waals surface area contributed by atoms with Gasteiger partial charge in [-0.15, -0.1) is 13.2 Å². The molecular formula is C13H10F3NO2. The third-order valence-corrected chi connectivity index (χ3v) is 2.44. The standard InChI is InChI=1S/C13H10F3NO2/c14-13(15,16)19-11-6-2-1-5-10(11)12(18)9-4-3-7-17-8-9/h1-8,12,18H. The maximum absolute atomic E-state index is 12.3. The van der Waals surface area contributed by atoms with Crippen LogP contribution in [-0.4, -0.2) is 16.5 Å². The van der Waals surface area contributed by atoms with E-state index in [1.165, 1.54) is 30.6 Å². The van der Waals surface area contributed by atoms with Crippen molar-refractivity contribution in [2.75, 3.05) is 0 Å². The lowest BCUT2D eigenvalue weighted by Gasteiger charge is -2.17. The second kappa shape index (κ2) is 5.27.